The smallest absolute Gasteiger partial charge is 0.169 e. The summed E-state index contributed by atoms with van der Waals surface area (Å²) < 4.78 is 13.8. The van der Waals surface area contributed by atoms with E-state index in [0.717, 1.165) is 5.56 Å². The van der Waals surface area contributed by atoms with Gasteiger partial charge in [0.15, 0.2) is 5.78 Å². The van der Waals surface area contributed by atoms with Gasteiger partial charge in [-0.15, -0.1) is 0 Å². The molecule has 0 unspecified atom stereocenters. The second-order valence-electron chi connectivity index (χ2n) is 4.41. The summed E-state index contributed by atoms with van der Waals surface area (Å²) in [6.45, 7) is 0. The van der Waals surface area contributed by atoms with Crippen LogP contribution in [0.25, 0.3) is 5.57 Å². The summed E-state index contributed by atoms with van der Waals surface area (Å²) in [5.41, 5.74) is 1.59. The van der Waals surface area contributed by atoms with Crippen LogP contribution in [0.2, 0.25) is 0 Å². The van der Waals surface area contributed by atoms with Crippen LogP contribution >= 0.6 is 0 Å². The van der Waals surface area contributed by atoms with Gasteiger partial charge in [0, 0.05) is 30.8 Å². The molecule has 0 aliphatic rings. The minimum absolute atomic E-state index is 0.115. The van der Waals surface area contributed by atoms with Crippen LogP contribution in [0.5, 0.6) is 0 Å². The lowest BCUT2D eigenvalue weighted by Crippen LogP contribution is -2.10. The average Bonchev–Trinajstić information content (AvgIpc) is 2.47. The molecule has 0 fully saturated rings. The lowest BCUT2D eigenvalue weighted by molar-refractivity contribution is -0.113. The van der Waals surface area contributed by atoms with Crippen molar-refractivity contribution in [3.8, 4) is 0 Å². The first-order valence-electron chi connectivity index (χ1n) is 6.42. The van der Waals surface area contributed by atoms with E-state index in [9.17, 15) is 9.18 Å². The third-order valence-electron chi connectivity index (χ3n) is 2.96. The van der Waals surface area contributed by atoms with Gasteiger partial charge < -0.3 is 5.32 Å². The average molecular weight is 269 g/mol. The maximum absolute atomic E-state index is 13.8. The Morgan fingerprint density at radius 3 is 2.40 bits per heavy atom. The van der Waals surface area contributed by atoms with E-state index in [4.69, 9.17) is 0 Å². The number of nitrogens with one attached hydrogen (secondary N) is 1. The molecule has 2 aromatic carbocycles. The molecule has 0 saturated carbocycles. The van der Waals surface area contributed by atoms with Gasteiger partial charge >= 0.3 is 0 Å². The van der Waals surface area contributed by atoms with E-state index in [1.54, 1.807) is 31.4 Å². The van der Waals surface area contributed by atoms with E-state index in [-0.39, 0.29) is 12.2 Å². The standard InChI is InChI=1S/C17H16FNO/c1-19-12-15(14-9-5-6-10-16(14)18)17(20)11-13-7-3-2-4-8-13/h2-10,12,19H,11H2,1H3. The molecule has 0 heterocycles. The minimum Gasteiger partial charge on any atom is -0.393 e. The van der Waals surface area contributed by atoms with Crippen molar-refractivity contribution in [2.75, 3.05) is 7.05 Å². The van der Waals surface area contributed by atoms with E-state index in [1.807, 2.05) is 30.3 Å². The van der Waals surface area contributed by atoms with Crippen LogP contribution in [0.15, 0.2) is 60.8 Å². The summed E-state index contributed by atoms with van der Waals surface area (Å²) in [5, 5.41) is 2.81. The number of halogens is 1. The molecule has 0 aliphatic heterocycles. The number of hydrogen-bond donors (Lipinski definition) is 1. The van der Waals surface area contributed by atoms with E-state index >= 15 is 0 Å². The first-order chi connectivity index (χ1) is 9.72. The number of ketones is 1. The van der Waals surface area contributed by atoms with Gasteiger partial charge in [0.1, 0.15) is 5.82 Å². The van der Waals surface area contributed by atoms with Gasteiger partial charge in [0.25, 0.3) is 0 Å². The third-order valence-corrected chi connectivity index (χ3v) is 2.96. The second kappa shape index (κ2) is 6.66. The van der Waals surface area contributed by atoms with Crippen molar-refractivity contribution in [3.05, 3.63) is 77.7 Å². The Labute approximate surface area is 118 Å². The molecule has 2 nitrogen and oxygen atoms in total. The van der Waals surface area contributed by atoms with Crippen molar-refractivity contribution < 1.29 is 9.18 Å². The minimum atomic E-state index is -0.393. The van der Waals surface area contributed by atoms with Crippen molar-refractivity contribution in [2.45, 2.75) is 6.42 Å². The van der Waals surface area contributed by atoms with E-state index < -0.39 is 5.82 Å². The molecule has 3 heteroatoms. The maximum atomic E-state index is 13.8. The number of benzene rings is 2. The maximum Gasteiger partial charge on any atom is 0.169 e. The normalized spacial score (nSPS) is 11.2. The third kappa shape index (κ3) is 3.32. The fourth-order valence-electron chi connectivity index (χ4n) is 2.01. The van der Waals surface area contributed by atoms with Crippen molar-refractivity contribution >= 4 is 11.4 Å². The van der Waals surface area contributed by atoms with Gasteiger partial charge in [-0.3, -0.25) is 4.79 Å². The fourth-order valence-corrected chi connectivity index (χ4v) is 2.01. The number of rotatable bonds is 5. The van der Waals surface area contributed by atoms with Gasteiger partial charge in [0.05, 0.1) is 0 Å². The Morgan fingerprint density at radius 1 is 1.10 bits per heavy atom. The summed E-state index contributed by atoms with van der Waals surface area (Å²) in [6.07, 6.45) is 1.80. The number of Topliss-reactive ketones (excluding diaryl/α,β-unsaturated/α-hetero) is 1. The molecule has 0 bridgehead atoms. The molecule has 2 rings (SSSR count). The van der Waals surface area contributed by atoms with Crippen LogP contribution in [-0.4, -0.2) is 12.8 Å². The second-order valence-corrected chi connectivity index (χ2v) is 4.41. The molecule has 0 saturated heterocycles. The Hall–Kier alpha value is -2.42. The molecule has 0 aromatic heterocycles. The van der Waals surface area contributed by atoms with Gasteiger partial charge in [-0.25, -0.2) is 4.39 Å². The van der Waals surface area contributed by atoms with Crippen molar-refractivity contribution in [3.63, 3.8) is 0 Å². The van der Waals surface area contributed by atoms with Crippen LogP contribution in [0.4, 0.5) is 4.39 Å². The Kier molecular flexibility index (Phi) is 4.66. The highest BCUT2D eigenvalue weighted by Gasteiger charge is 2.15. The zero-order chi connectivity index (χ0) is 14.4. The quantitative estimate of drug-likeness (QED) is 0.845. The predicted molar refractivity (Wildman–Crippen MR) is 78.6 cm³/mol. The summed E-state index contributed by atoms with van der Waals surface area (Å²) in [5.74, 6) is -0.508. The highest BCUT2D eigenvalue weighted by Crippen LogP contribution is 2.20. The SMILES string of the molecule is CNC=C(C(=O)Cc1ccccc1)c1ccccc1F. The first kappa shape index (κ1) is 14.0. The molecule has 102 valence electrons. The van der Waals surface area contributed by atoms with E-state index in [0.29, 0.717) is 11.1 Å². The Bertz CT molecular complexity index is 620. The van der Waals surface area contributed by atoms with Gasteiger partial charge in [-0.1, -0.05) is 48.5 Å². The molecule has 0 aliphatic carbocycles. The molecule has 0 amide bonds. The van der Waals surface area contributed by atoms with Crippen LogP contribution in [0.3, 0.4) is 0 Å². The van der Waals surface area contributed by atoms with Crippen molar-refractivity contribution in [1.82, 2.24) is 5.32 Å². The predicted octanol–water partition coefficient (Wildman–Crippen LogP) is 3.20. The Balaban J connectivity index is 2.28. The Morgan fingerprint density at radius 2 is 1.75 bits per heavy atom. The topological polar surface area (TPSA) is 29.1 Å². The molecule has 20 heavy (non-hydrogen) atoms. The van der Waals surface area contributed by atoms with Crippen molar-refractivity contribution in [2.24, 2.45) is 0 Å². The molecule has 0 radical (unpaired) electrons. The van der Waals surface area contributed by atoms with Gasteiger partial charge in [0.2, 0.25) is 0 Å². The van der Waals surface area contributed by atoms with E-state index in [1.165, 1.54) is 6.07 Å². The number of hydrogen-bond acceptors (Lipinski definition) is 2. The molecule has 0 spiro atoms. The molecule has 2 aromatic rings. The number of allylic oxidation sites excluding steroid dienone is 1. The molecule has 0 atom stereocenters. The van der Waals surface area contributed by atoms with Crippen LogP contribution < -0.4 is 5.32 Å². The fraction of sp³-hybridized carbons (Fsp3) is 0.118. The highest BCUT2D eigenvalue weighted by atomic mass is 19.1. The zero-order valence-corrected chi connectivity index (χ0v) is 11.3. The van der Waals surface area contributed by atoms with Gasteiger partial charge in [-0.2, -0.15) is 0 Å². The first-order valence-corrected chi connectivity index (χ1v) is 6.42. The van der Waals surface area contributed by atoms with Gasteiger partial charge in [-0.05, 0) is 11.6 Å². The molecule has 1 N–H and O–H groups in total. The van der Waals surface area contributed by atoms with Crippen molar-refractivity contribution in [1.29, 1.82) is 0 Å². The number of carbonyl (C=O) groups excluding carboxylic acids is 1. The van der Waals surface area contributed by atoms with Crippen LogP contribution in [-0.2, 0) is 11.2 Å². The van der Waals surface area contributed by atoms with E-state index in [2.05, 4.69) is 5.32 Å². The lowest BCUT2D eigenvalue weighted by Gasteiger charge is -2.08. The van der Waals surface area contributed by atoms with Crippen LogP contribution in [0.1, 0.15) is 11.1 Å². The lowest BCUT2D eigenvalue weighted by atomic mass is 9.97. The monoisotopic (exact) mass is 269 g/mol. The summed E-state index contributed by atoms with van der Waals surface area (Å²) >= 11 is 0. The highest BCUT2D eigenvalue weighted by molar-refractivity contribution is 6.21. The number of carbonyl (C=O) groups is 1. The molecular weight excluding hydrogens is 253 g/mol. The summed E-state index contributed by atoms with van der Waals surface area (Å²) in [6, 6.07) is 15.7. The summed E-state index contributed by atoms with van der Waals surface area (Å²) in [7, 11) is 1.69. The summed E-state index contributed by atoms with van der Waals surface area (Å²) in [4.78, 5) is 12.4. The largest absolute Gasteiger partial charge is 0.393 e. The molecular formula is C17H16FNO. The zero-order valence-electron chi connectivity index (χ0n) is 11.3. The van der Waals surface area contributed by atoms with Crippen LogP contribution in [0, 0.1) is 5.82 Å².